The van der Waals surface area contributed by atoms with Gasteiger partial charge in [0.2, 0.25) is 5.16 Å². The maximum absolute atomic E-state index is 5.23. The number of rotatable bonds is 3. The summed E-state index contributed by atoms with van der Waals surface area (Å²) in [6.07, 6.45) is 0. The van der Waals surface area contributed by atoms with Crippen molar-refractivity contribution in [3.8, 4) is 17.1 Å². The molecule has 0 amide bonds. The van der Waals surface area contributed by atoms with E-state index in [9.17, 15) is 0 Å². The molecule has 2 heterocycles. The predicted molar refractivity (Wildman–Crippen MR) is 79.4 cm³/mol. The second-order valence-corrected chi connectivity index (χ2v) is 5.44. The van der Waals surface area contributed by atoms with Crippen molar-refractivity contribution in [2.75, 3.05) is 18.2 Å². The zero-order valence-corrected chi connectivity index (χ0v) is 12.6. The quantitative estimate of drug-likeness (QED) is 0.807. The Balaban J connectivity index is 2.08. The summed E-state index contributed by atoms with van der Waals surface area (Å²) < 4.78 is 7.02. The fourth-order valence-corrected chi connectivity index (χ4v) is 3.15. The molecule has 7 heteroatoms. The maximum Gasteiger partial charge on any atom is 0.212 e. The summed E-state index contributed by atoms with van der Waals surface area (Å²) >= 11 is 5.08. The minimum Gasteiger partial charge on any atom is -0.497 e. The van der Waals surface area contributed by atoms with Crippen molar-refractivity contribution in [1.29, 1.82) is 0 Å². The van der Waals surface area contributed by atoms with Crippen molar-refractivity contribution in [3.63, 3.8) is 0 Å². The van der Waals surface area contributed by atoms with Crippen LogP contribution in [0.15, 0.2) is 34.5 Å². The first-order chi connectivity index (χ1) is 9.31. The number of benzene rings is 1. The van der Waals surface area contributed by atoms with Crippen molar-refractivity contribution in [3.05, 3.63) is 24.3 Å². The summed E-state index contributed by atoms with van der Waals surface area (Å²) in [6.45, 7) is 0. The Morgan fingerprint density at radius 2 is 2.32 bits per heavy atom. The molecule has 3 rings (SSSR count). The summed E-state index contributed by atoms with van der Waals surface area (Å²) in [7, 11) is 1.65. The third kappa shape index (κ3) is 2.40. The third-order valence-electron chi connectivity index (χ3n) is 2.70. The van der Waals surface area contributed by atoms with E-state index in [-0.39, 0.29) is 0 Å². The van der Waals surface area contributed by atoms with Crippen LogP contribution in [0.1, 0.15) is 0 Å². The Bertz CT molecular complexity index is 640. The normalized spacial score (nSPS) is 13.9. The van der Waals surface area contributed by atoms with Crippen LogP contribution < -0.4 is 4.74 Å². The second-order valence-electron chi connectivity index (χ2n) is 3.94. The molecule has 0 aliphatic carbocycles. The molecule has 0 spiro atoms. The summed E-state index contributed by atoms with van der Waals surface area (Å²) in [5.41, 5.74) is 2.01. The Kier molecular flexibility index (Phi) is 3.56. The minimum atomic E-state index is 0.736. The van der Waals surface area contributed by atoms with Gasteiger partial charge in [-0.2, -0.15) is 9.78 Å². The molecule has 1 aromatic heterocycles. The summed E-state index contributed by atoms with van der Waals surface area (Å²) in [5, 5.41) is 14.5. The zero-order chi connectivity index (χ0) is 13.2. The fraction of sp³-hybridized carbons (Fsp3) is 0.250. The highest BCUT2D eigenvalue weighted by molar-refractivity contribution is 9.09. The Morgan fingerprint density at radius 3 is 3.11 bits per heavy atom. The monoisotopic (exact) mass is 338 g/mol. The van der Waals surface area contributed by atoms with Gasteiger partial charge in [-0.25, -0.2) is 0 Å². The minimum absolute atomic E-state index is 0.736. The molecular formula is C12H11BrN4OS. The predicted octanol–water partition coefficient (Wildman–Crippen LogP) is 2.66. The van der Waals surface area contributed by atoms with Crippen LogP contribution in [0.25, 0.3) is 11.4 Å². The molecule has 0 radical (unpaired) electrons. The van der Waals surface area contributed by atoms with Gasteiger partial charge < -0.3 is 4.74 Å². The van der Waals surface area contributed by atoms with E-state index >= 15 is 0 Å². The fourth-order valence-electron chi connectivity index (χ4n) is 1.77. The number of hydrogen-bond donors (Lipinski definition) is 0. The third-order valence-corrected chi connectivity index (χ3v) is 4.34. The molecule has 0 atom stereocenters. The topological polar surface area (TPSA) is 52.3 Å². The number of aromatic nitrogens is 3. The molecule has 1 aliphatic rings. The zero-order valence-electron chi connectivity index (χ0n) is 10.2. The van der Waals surface area contributed by atoms with E-state index in [4.69, 9.17) is 4.74 Å². The lowest BCUT2D eigenvalue weighted by molar-refractivity contribution is 0.415. The molecule has 2 aromatic rings. The Morgan fingerprint density at radius 1 is 1.42 bits per heavy atom. The van der Waals surface area contributed by atoms with Crippen molar-refractivity contribution in [2.45, 2.75) is 5.16 Å². The van der Waals surface area contributed by atoms with Gasteiger partial charge >= 0.3 is 0 Å². The molecule has 0 bridgehead atoms. The summed E-state index contributed by atoms with van der Waals surface area (Å²) in [6, 6.07) is 7.74. The molecule has 0 saturated heterocycles. The molecule has 1 aromatic carbocycles. The molecule has 5 nitrogen and oxygen atoms in total. The van der Waals surface area contributed by atoms with Crippen LogP contribution in [0.4, 0.5) is 0 Å². The van der Waals surface area contributed by atoms with Gasteiger partial charge in [-0.1, -0.05) is 39.8 Å². The van der Waals surface area contributed by atoms with Crippen LogP contribution >= 0.6 is 27.7 Å². The van der Waals surface area contributed by atoms with Crippen molar-refractivity contribution in [1.82, 2.24) is 14.9 Å². The van der Waals surface area contributed by atoms with Crippen molar-refractivity contribution < 1.29 is 4.74 Å². The molecule has 98 valence electrons. The first-order valence-corrected chi connectivity index (χ1v) is 7.78. The highest BCUT2D eigenvalue weighted by Crippen LogP contribution is 2.28. The molecule has 0 saturated carbocycles. The first-order valence-electron chi connectivity index (χ1n) is 5.67. The van der Waals surface area contributed by atoms with E-state index in [1.54, 1.807) is 23.5 Å². The van der Waals surface area contributed by atoms with E-state index in [1.165, 1.54) is 0 Å². The van der Waals surface area contributed by atoms with Crippen molar-refractivity contribution in [2.24, 2.45) is 5.10 Å². The standard InChI is InChI=1S/C12H11BrN4OS/c1-18-10-4-2-3-8(5-10)11-14-15-12-17(11)16-9(6-13)7-19-12/h2-5H,6-7H2,1H3. The highest BCUT2D eigenvalue weighted by atomic mass is 79.9. The number of fused-ring (bicyclic) bond motifs is 1. The highest BCUT2D eigenvalue weighted by Gasteiger charge is 2.19. The SMILES string of the molecule is COc1cccc(-c2nnc3n2N=C(CBr)CS3)c1. The maximum atomic E-state index is 5.23. The number of nitrogens with zero attached hydrogens (tertiary/aromatic N) is 4. The van der Waals surface area contributed by atoms with E-state index in [0.717, 1.165) is 39.1 Å². The average Bonchev–Trinajstić information content (AvgIpc) is 2.90. The second kappa shape index (κ2) is 5.34. The molecular weight excluding hydrogens is 328 g/mol. The molecule has 0 fully saturated rings. The molecule has 1 aliphatic heterocycles. The van der Waals surface area contributed by atoms with Gasteiger partial charge in [-0.15, -0.1) is 10.2 Å². The van der Waals surface area contributed by atoms with Crippen LogP contribution in [-0.2, 0) is 0 Å². The van der Waals surface area contributed by atoms with Gasteiger partial charge in [0.25, 0.3) is 0 Å². The van der Waals surface area contributed by atoms with E-state index in [2.05, 4.69) is 31.2 Å². The van der Waals surface area contributed by atoms with Crippen LogP contribution in [-0.4, -0.2) is 38.8 Å². The van der Waals surface area contributed by atoms with Gasteiger partial charge in [0.05, 0.1) is 12.8 Å². The first kappa shape index (κ1) is 12.7. The van der Waals surface area contributed by atoms with E-state index in [1.807, 2.05) is 24.3 Å². The van der Waals surface area contributed by atoms with Crippen LogP contribution in [0.2, 0.25) is 0 Å². The van der Waals surface area contributed by atoms with Gasteiger partial charge in [0, 0.05) is 16.6 Å². The van der Waals surface area contributed by atoms with E-state index < -0.39 is 0 Å². The van der Waals surface area contributed by atoms with Gasteiger partial charge in [0.15, 0.2) is 5.82 Å². The summed E-state index contributed by atoms with van der Waals surface area (Å²) in [4.78, 5) is 0. The number of halogens is 1. The van der Waals surface area contributed by atoms with Gasteiger partial charge in [-0.3, -0.25) is 0 Å². The number of ether oxygens (including phenoxy) is 1. The van der Waals surface area contributed by atoms with Gasteiger partial charge in [0.1, 0.15) is 5.75 Å². The number of thioether (sulfide) groups is 1. The van der Waals surface area contributed by atoms with Crippen LogP contribution in [0.5, 0.6) is 5.75 Å². The Labute approximate surface area is 123 Å². The number of hydrogen-bond acceptors (Lipinski definition) is 5. The lowest BCUT2D eigenvalue weighted by Crippen LogP contribution is -2.13. The van der Waals surface area contributed by atoms with Crippen molar-refractivity contribution >= 4 is 33.4 Å². The lowest BCUT2D eigenvalue weighted by atomic mass is 10.2. The number of alkyl halides is 1. The smallest absolute Gasteiger partial charge is 0.212 e. The number of methoxy groups -OCH3 is 1. The summed E-state index contributed by atoms with van der Waals surface area (Å²) in [5.74, 6) is 2.38. The Hall–Kier alpha value is -1.34. The molecule has 0 unspecified atom stereocenters. The van der Waals surface area contributed by atoms with Crippen LogP contribution in [0, 0.1) is 0 Å². The van der Waals surface area contributed by atoms with Gasteiger partial charge in [-0.05, 0) is 12.1 Å². The lowest BCUT2D eigenvalue weighted by Gasteiger charge is -2.12. The molecule has 19 heavy (non-hydrogen) atoms. The average molecular weight is 339 g/mol. The largest absolute Gasteiger partial charge is 0.497 e. The molecule has 0 N–H and O–H groups in total. The van der Waals surface area contributed by atoms with Crippen LogP contribution in [0.3, 0.4) is 0 Å². The van der Waals surface area contributed by atoms with E-state index in [0.29, 0.717) is 0 Å².